The Hall–Kier alpha value is -0.570. The quantitative estimate of drug-likeness (QED) is 0.357. The predicted molar refractivity (Wildman–Crippen MR) is 86.0 cm³/mol. The molecule has 3 nitrogen and oxygen atoms in total. The highest BCUT2D eigenvalue weighted by atomic mass is 16.5. The van der Waals surface area contributed by atoms with Crippen LogP contribution in [-0.4, -0.2) is 26.2 Å². The summed E-state index contributed by atoms with van der Waals surface area (Å²) >= 11 is 0. The second-order valence-electron chi connectivity index (χ2n) is 5.61. The monoisotopic (exact) mass is 285 g/mol. The lowest BCUT2D eigenvalue weighted by Crippen LogP contribution is -2.07. The molecule has 0 spiro atoms. The average Bonchev–Trinajstić information content (AvgIpc) is 2.45. The van der Waals surface area contributed by atoms with Crippen LogP contribution in [0, 0.1) is 0 Å². The number of rotatable bonds is 15. The van der Waals surface area contributed by atoms with Crippen LogP contribution in [0.1, 0.15) is 84.0 Å². The van der Waals surface area contributed by atoms with Gasteiger partial charge in [0.1, 0.15) is 0 Å². The normalized spacial score (nSPS) is 10.7. The second kappa shape index (κ2) is 16.5. The summed E-state index contributed by atoms with van der Waals surface area (Å²) in [4.78, 5) is 11.5. The Kier molecular flexibility index (Phi) is 16.0. The van der Waals surface area contributed by atoms with Crippen LogP contribution in [0.2, 0.25) is 0 Å². The summed E-state index contributed by atoms with van der Waals surface area (Å²) in [7, 11) is 1.99. The lowest BCUT2D eigenvalue weighted by molar-refractivity contribution is -0.143. The minimum Gasteiger partial charge on any atom is -0.466 e. The van der Waals surface area contributed by atoms with Crippen LogP contribution in [0.25, 0.3) is 0 Å². The molecule has 0 saturated carbocycles. The Morgan fingerprint density at radius 2 is 1.45 bits per heavy atom. The van der Waals surface area contributed by atoms with Crippen LogP contribution < -0.4 is 5.32 Å². The number of carbonyl (C=O) groups excluding carboxylic acids is 1. The molecule has 0 aliphatic heterocycles. The summed E-state index contributed by atoms with van der Waals surface area (Å²) in [6.45, 7) is 3.94. The zero-order chi connectivity index (χ0) is 14.9. The molecule has 0 fully saturated rings. The van der Waals surface area contributed by atoms with E-state index in [-0.39, 0.29) is 5.97 Å². The Morgan fingerprint density at radius 3 is 2.15 bits per heavy atom. The van der Waals surface area contributed by atoms with E-state index in [2.05, 4.69) is 12.2 Å². The van der Waals surface area contributed by atoms with Crippen LogP contribution in [-0.2, 0) is 9.53 Å². The van der Waals surface area contributed by atoms with Crippen molar-refractivity contribution in [1.29, 1.82) is 0 Å². The van der Waals surface area contributed by atoms with Crippen molar-refractivity contribution in [2.45, 2.75) is 84.0 Å². The molecule has 0 radical (unpaired) electrons. The summed E-state index contributed by atoms with van der Waals surface area (Å²) in [5, 5.41) is 3.15. The van der Waals surface area contributed by atoms with Gasteiger partial charge < -0.3 is 10.1 Å². The smallest absolute Gasteiger partial charge is 0.305 e. The molecule has 0 aliphatic carbocycles. The Bertz CT molecular complexity index is 187. The van der Waals surface area contributed by atoms with Crippen LogP contribution in [0.5, 0.6) is 0 Å². The van der Waals surface area contributed by atoms with Crippen LogP contribution >= 0.6 is 0 Å². The Balaban J connectivity index is 3.13. The van der Waals surface area contributed by atoms with Crippen LogP contribution in [0.3, 0.4) is 0 Å². The molecule has 0 rings (SSSR count). The molecule has 0 aromatic carbocycles. The standard InChI is InChI=1S/C17H35NO2/c1-3-4-5-6-10-13-16-20-17(19)14-11-8-7-9-12-15-18-2/h18H,3-16H2,1-2H3. The molecule has 0 atom stereocenters. The second-order valence-corrected chi connectivity index (χ2v) is 5.61. The van der Waals surface area contributed by atoms with Crippen molar-refractivity contribution in [1.82, 2.24) is 5.32 Å². The maximum absolute atomic E-state index is 11.5. The topological polar surface area (TPSA) is 38.3 Å². The fourth-order valence-electron chi connectivity index (χ4n) is 2.24. The van der Waals surface area contributed by atoms with E-state index in [0.29, 0.717) is 13.0 Å². The Labute approximate surface area is 125 Å². The first-order valence-electron chi connectivity index (χ1n) is 8.61. The molecule has 0 aromatic heterocycles. The van der Waals surface area contributed by atoms with Gasteiger partial charge in [-0.2, -0.15) is 0 Å². The van der Waals surface area contributed by atoms with Gasteiger partial charge in [0.2, 0.25) is 0 Å². The molecule has 0 amide bonds. The molecular formula is C17H35NO2. The van der Waals surface area contributed by atoms with E-state index >= 15 is 0 Å². The predicted octanol–water partition coefficient (Wildman–Crippen LogP) is 4.45. The highest BCUT2D eigenvalue weighted by Crippen LogP contribution is 2.07. The molecule has 0 aliphatic rings. The lowest BCUT2D eigenvalue weighted by atomic mass is 10.1. The first kappa shape index (κ1) is 19.4. The molecule has 0 unspecified atom stereocenters. The van der Waals surface area contributed by atoms with E-state index in [9.17, 15) is 4.79 Å². The van der Waals surface area contributed by atoms with Gasteiger partial charge in [0.15, 0.2) is 0 Å². The first-order valence-corrected chi connectivity index (χ1v) is 8.61. The zero-order valence-corrected chi connectivity index (χ0v) is 13.7. The molecule has 1 N–H and O–H groups in total. The van der Waals surface area contributed by atoms with E-state index in [4.69, 9.17) is 4.74 Å². The maximum Gasteiger partial charge on any atom is 0.305 e. The van der Waals surface area contributed by atoms with E-state index in [0.717, 1.165) is 25.8 Å². The molecule has 0 aromatic rings. The highest BCUT2D eigenvalue weighted by Gasteiger charge is 2.02. The van der Waals surface area contributed by atoms with Gasteiger partial charge in [-0.3, -0.25) is 4.79 Å². The van der Waals surface area contributed by atoms with Gasteiger partial charge in [0, 0.05) is 6.42 Å². The summed E-state index contributed by atoms with van der Waals surface area (Å²) in [5.74, 6) is -0.00576. The van der Waals surface area contributed by atoms with Crippen molar-refractivity contribution in [2.24, 2.45) is 0 Å². The van der Waals surface area contributed by atoms with Crippen molar-refractivity contribution in [3.63, 3.8) is 0 Å². The van der Waals surface area contributed by atoms with Gasteiger partial charge in [0.05, 0.1) is 6.61 Å². The van der Waals surface area contributed by atoms with Gasteiger partial charge >= 0.3 is 5.97 Å². The average molecular weight is 285 g/mol. The number of hydrogen-bond acceptors (Lipinski definition) is 3. The summed E-state index contributed by atoms with van der Waals surface area (Å²) < 4.78 is 5.24. The molecule has 20 heavy (non-hydrogen) atoms. The lowest BCUT2D eigenvalue weighted by Gasteiger charge is -2.05. The summed E-state index contributed by atoms with van der Waals surface area (Å²) in [6.07, 6.45) is 13.9. The number of nitrogens with one attached hydrogen (secondary N) is 1. The molecule has 0 heterocycles. The van der Waals surface area contributed by atoms with Crippen molar-refractivity contribution in [3.8, 4) is 0 Å². The van der Waals surface area contributed by atoms with Crippen molar-refractivity contribution < 1.29 is 9.53 Å². The number of carbonyl (C=O) groups is 1. The van der Waals surface area contributed by atoms with Crippen molar-refractivity contribution in [2.75, 3.05) is 20.2 Å². The summed E-state index contributed by atoms with van der Waals surface area (Å²) in [5.41, 5.74) is 0. The number of hydrogen-bond donors (Lipinski definition) is 1. The third kappa shape index (κ3) is 15.5. The van der Waals surface area contributed by atoms with Gasteiger partial charge in [-0.1, -0.05) is 58.3 Å². The fraction of sp³-hybridized carbons (Fsp3) is 0.941. The zero-order valence-electron chi connectivity index (χ0n) is 13.7. The number of unbranched alkanes of at least 4 members (excludes halogenated alkanes) is 9. The van der Waals surface area contributed by atoms with E-state index < -0.39 is 0 Å². The molecular weight excluding hydrogens is 250 g/mol. The molecule has 3 heteroatoms. The SMILES string of the molecule is CCCCCCCCOC(=O)CCCCCCCNC. The van der Waals surface area contributed by atoms with E-state index in [1.54, 1.807) is 0 Å². The van der Waals surface area contributed by atoms with Crippen molar-refractivity contribution >= 4 is 5.97 Å². The third-order valence-corrected chi connectivity index (χ3v) is 3.57. The molecule has 120 valence electrons. The largest absolute Gasteiger partial charge is 0.466 e. The highest BCUT2D eigenvalue weighted by molar-refractivity contribution is 5.69. The van der Waals surface area contributed by atoms with E-state index in [1.165, 1.54) is 51.4 Å². The maximum atomic E-state index is 11.5. The van der Waals surface area contributed by atoms with Crippen molar-refractivity contribution in [3.05, 3.63) is 0 Å². The van der Waals surface area contributed by atoms with Crippen LogP contribution in [0.4, 0.5) is 0 Å². The van der Waals surface area contributed by atoms with Gasteiger partial charge in [-0.15, -0.1) is 0 Å². The minimum absolute atomic E-state index is 0.00576. The Morgan fingerprint density at radius 1 is 0.850 bits per heavy atom. The summed E-state index contributed by atoms with van der Waals surface area (Å²) in [6, 6.07) is 0. The fourth-order valence-corrected chi connectivity index (χ4v) is 2.24. The van der Waals surface area contributed by atoms with Gasteiger partial charge in [-0.25, -0.2) is 0 Å². The van der Waals surface area contributed by atoms with Gasteiger partial charge in [0.25, 0.3) is 0 Å². The third-order valence-electron chi connectivity index (χ3n) is 3.57. The molecule has 0 saturated heterocycles. The van der Waals surface area contributed by atoms with E-state index in [1.807, 2.05) is 7.05 Å². The first-order chi connectivity index (χ1) is 9.81. The molecule has 0 bridgehead atoms. The minimum atomic E-state index is -0.00576. The number of ether oxygens (including phenoxy) is 1. The van der Waals surface area contributed by atoms with Crippen LogP contribution in [0.15, 0.2) is 0 Å². The number of esters is 1. The van der Waals surface area contributed by atoms with Gasteiger partial charge in [-0.05, 0) is 32.9 Å².